The van der Waals surface area contributed by atoms with Gasteiger partial charge in [-0.3, -0.25) is 4.79 Å². The van der Waals surface area contributed by atoms with Crippen LogP contribution in [0.4, 0.5) is 4.79 Å². The number of carboxylic acids is 1. The van der Waals surface area contributed by atoms with Crippen molar-refractivity contribution < 1.29 is 14.7 Å². The lowest BCUT2D eigenvalue weighted by Gasteiger charge is -2.12. The Balaban J connectivity index is 1.72. The van der Waals surface area contributed by atoms with Crippen molar-refractivity contribution in [2.75, 3.05) is 6.54 Å². The van der Waals surface area contributed by atoms with Gasteiger partial charge in [-0.25, -0.2) is 4.79 Å². The topological polar surface area (TPSA) is 78.4 Å². The first-order chi connectivity index (χ1) is 8.62. The standard InChI is InChI=1S/C13H16N2O3/c16-11(17)13(6-7-13)9-15-12(18)14-8-10-4-2-1-3-5-10/h1-5H,6-9H2,(H,16,17)(H2,14,15,18). The van der Waals surface area contributed by atoms with Crippen LogP contribution in [0, 0.1) is 5.41 Å². The van der Waals surface area contributed by atoms with Gasteiger partial charge in [0, 0.05) is 13.1 Å². The second-order valence-electron chi connectivity index (χ2n) is 4.61. The number of nitrogens with one attached hydrogen (secondary N) is 2. The number of aliphatic carboxylic acids is 1. The number of hydrogen-bond donors (Lipinski definition) is 3. The van der Waals surface area contributed by atoms with E-state index in [1.807, 2.05) is 30.3 Å². The third-order valence-corrected chi connectivity index (χ3v) is 3.19. The van der Waals surface area contributed by atoms with E-state index in [2.05, 4.69) is 10.6 Å². The Morgan fingerprint density at radius 1 is 1.17 bits per heavy atom. The fourth-order valence-corrected chi connectivity index (χ4v) is 1.71. The molecule has 1 saturated carbocycles. The van der Waals surface area contributed by atoms with Gasteiger partial charge >= 0.3 is 12.0 Å². The van der Waals surface area contributed by atoms with Crippen LogP contribution in [0.3, 0.4) is 0 Å². The molecule has 3 N–H and O–H groups in total. The van der Waals surface area contributed by atoms with E-state index in [1.54, 1.807) is 0 Å². The van der Waals surface area contributed by atoms with E-state index >= 15 is 0 Å². The molecule has 18 heavy (non-hydrogen) atoms. The molecule has 0 spiro atoms. The molecule has 1 aromatic rings. The van der Waals surface area contributed by atoms with Gasteiger partial charge in [-0.1, -0.05) is 30.3 Å². The summed E-state index contributed by atoms with van der Waals surface area (Å²) in [6.45, 7) is 0.635. The molecule has 96 valence electrons. The highest BCUT2D eigenvalue weighted by molar-refractivity contribution is 5.80. The van der Waals surface area contributed by atoms with Crippen LogP contribution >= 0.6 is 0 Å². The molecule has 0 radical (unpaired) electrons. The predicted octanol–water partition coefficient (Wildman–Crippen LogP) is 1.35. The van der Waals surface area contributed by atoms with Gasteiger partial charge in [0.15, 0.2) is 0 Å². The maximum Gasteiger partial charge on any atom is 0.315 e. The Morgan fingerprint density at radius 2 is 1.83 bits per heavy atom. The molecule has 1 aliphatic carbocycles. The maximum atomic E-state index is 11.5. The Kier molecular flexibility index (Phi) is 3.50. The molecule has 1 aliphatic rings. The minimum Gasteiger partial charge on any atom is -0.481 e. The molecule has 1 aromatic carbocycles. The van der Waals surface area contributed by atoms with E-state index in [9.17, 15) is 9.59 Å². The summed E-state index contributed by atoms with van der Waals surface area (Å²) in [5.41, 5.74) is 0.288. The summed E-state index contributed by atoms with van der Waals surface area (Å²) in [7, 11) is 0. The molecule has 2 rings (SSSR count). The van der Waals surface area contributed by atoms with E-state index in [1.165, 1.54) is 0 Å². The molecule has 0 bridgehead atoms. The summed E-state index contributed by atoms with van der Waals surface area (Å²) in [5, 5.41) is 14.3. The summed E-state index contributed by atoms with van der Waals surface area (Å²) in [6.07, 6.45) is 1.28. The molecule has 0 saturated heterocycles. The van der Waals surface area contributed by atoms with Crippen molar-refractivity contribution in [3.8, 4) is 0 Å². The average Bonchev–Trinajstić information content (AvgIpc) is 3.16. The van der Waals surface area contributed by atoms with Crippen LogP contribution in [0.1, 0.15) is 18.4 Å². The van der Waals surface area contributed by atoms with Crippen LogP contribution in [0.2, 0.25) is 0 Å². The van der Waals surface area contributed by atoms with Crippen molar-refractivity contribution in [1.82, 2.24) is 10.6 Å². The molecule has 0 aliphatic heterocycles. The molecule has 0 aromatic heterocycles. The number of rotatable bonds is 5. The number of carboxylic acid groups (broad SMARTS) is 1. The molecule has 0 heterocycles. The molecule has 0 unspecified atom stereocenters. The lowest BCUT2D eigenvalue weighted by molar-refractivity contribution is -0.143. The van der Waals surface area contributed by atoms with Crippen molar-refractivity contribution in [1.29, 1.82) is 0 Å². The SMILES string of the molecule is O=C(NCc1ccccc1)NCC1(C(=O)O)CC1. The van der Waals surface area contributed by atoms with E-state index in [4.69, 9.17) is 5.11 Å². The first-order valence-electron chi connectivity index (χ1n) is 5.91. The highest BCUT2D eigenvalue weighted by Gasteiger charge is 2.50. The van der Waals surface area contributed by atoms with E-state index < -0.39 is 11.4 Å². The van der Waals surface area contributed by atoms with Crippen LogP contribution in [0.25, 0.3) is 0 Å². The minimum atomic E-state index is -0.828. The third kappa shape index (κ3) is 3.00. The molecule has 0 atom stereocenters. The third-order valence-electron chi connectivity index (χ3n) is 3.19. The van der Waals surface area contributed by atoms with E-state index in [0.717, 1.165) is 5.56 Å². The van der Waals surface area contributed by atoms with Crippen molar-refractivity contribution in [2.24, 2.45) is 5.41 Å². The molecular formula is C13H16N2O3. The van der Waals surface area contributed by atoms with Gasteiger partial charge in [-0.05, 0) is 18.4 Å². The van der Waals surface area contributed by atoms with E-state index in [0.29, 0.717) is 19.4 Å². The number of hydrogen-bond acceptors (Lipinski definition) is 2. The first kappa shape index (κ1) is 12.4. The number of amides is 2. The zero-order valence-corrected chi connectivity index (χ0v) is 9.98. The summed E-state index contributed by atoms with van der Waals surface area (Å²) in [5.74, 6) is -0.828. The molecule has 5 heteroatoms. The molecule has 2 amide bonds. The monoisotopic (exact) mass is 248 g/mol. The van der Waals surface area contributed by atoms with Crippen LogP contribution in [0.5, 0.6) is 0 Å². The number of urea groups is 1. The lowest BCUT2D eigenvalue weighted by Crippen LogP contribution is -2.40. The van der Waals surface area contributed by atoms with Crippen LogP contribution in [-0.2, 0) is 11.3 Å². The van der Waals surface area contributed by atoms with Gasteiger partial charge in [0.1, 0.15) is 0 Å². The molecular weight excluding hydrogens is 232 g/mol. The van der Waals surface area contributed by atoms with Crippen LogP contribution in [0.15, 0.2) is 30.3 Å². The van der Waals surface area contributed by atoms with E-state index in [-0.39, 0.29) is 12.6 Å². The second-order valence-corrected chi connectivity index (χ2v) is 4.61. The number of carbonyl (C=O) groups is 2. The zero-order valence-electron chi connectivity index (χ0n) is 9.98. The summed E-state index contributed by atoms with van der Waals surface area (Å²) in [4.78, 5) is 22.4. The average molecular weight is 248 g/mol. The van der Waals surface area contributed by atoms with Crippen molar-refractivity contribution in [3.05, 3.63) is 35.9 Å². The Labute approximate surface area is 105 Å². The summed E-state index contributed by atoms with van der Waals surface area (Å²) < 4.78 is 0. The minimum absolute atomic E-state index is 0.197. The fourth-order valence-electron chi connectivity index (χ4n) is 1.71. The lowest BCUT2D eigenvalue weighted by atomic mass is 10.1. The van der Waals surface area contributed by atoms with Crippen LogP contribution in [-0.4, -0.2) is 23.7 Å². The second kappa shape index (κ2) is 5.08. The number of carbonyl (C=O) groups excluding carboxylic acids is 1. The Morgan fingerprint density at radius 3 is 2.39 bits per heavy atom. The molecule has 1 fully saturated rings. The highest BCUT2D eigenvalue weighted by atomic mass is 16.4. The number of benzene rings is 1. The van der Waals surface area contributed by atoms with Gasteiger partial charge in [-0.15, -0.1) is 0 Å². The largest absolute Gasteiger partial charge is 0.481 e. The van der Waals surface area contributed by atoms with Gasteiger partial charge in [0.2, 0.25) is 0 Å². The van der Waals surface area contributed by atoms with Gasteiger partial charge < -0.3 is 15.7 Å². The Bertz CT molecular complexity index is 441. The Hall–Kier alpha value is -2.04. The smallest absolute Gasteiger partial charge is 0.315 e. The van der Waals surface area contributed by atoms with Crippen LogP contribution < -0.4 is 10.6 Å². The predicted molar refractivity (Wildman–Crippen MR) is 66.0 cm³/mol. The van der Waals surface area contributed by atoms with Gasteiger partial charge in [0.05, 0.1) is 5.41 Å². The summed E-state index contributed by atoms with van der Waals surface area (Å²) >= 11 is 0. The quantitative estimate of drug-likeness (QED) is 0.736. The van der Waals surface area contributed by atoms with Crippen molar-refractivity contribution in [3.63, 3.8) is 0 Å². The summed E-state index contributed by atoms with van der Waals surface area (Å²) in [6, 6.07) is 9.22. The fraction of sp³-hybridized carbons (Fsp3) is 0.385. The maximum absolute atomic E-state index is 11.5. The van der Waals surface area contributed by atoms with Gasteiger partial charge in [0.25, 0.3) is 0 Å². The van der Waals surface area contributed by atoms with Crippen molar-refractivity contribution >= 4 is 12.0 Å². The zero-order chi connectivity index (χ0) is 13.0. The molecule has 5 nitrogen and oxygen atoms in total. The normalized spacial score (nSPS) is 15.8. The highest BCUT2D eigenvalue weighted by Crippen LogP contribution is 2.45. The van der Waals surface area contributed by atoms with Gasteiger partial charge in [-0.2, -0.15) is 0 Å². The first-order valence-corrected chi connectivity index (χ1v) is 5.91. The van der Waals surface area contributed by atoms with Crippen molar-refractivity contribution in [2.45, 2.75) is 19.4 Å².